The van der Waals surface area contributed by atoms with E-state index >= 15 is 0 Å². The zero-order valence-electron chi connectivity index (χ0n) is 7.72. The van der Waals surface area contributed by atoms with Crippen LogP contribution in [0.2, 0.25) is 0 Å². The molecule has 64 valence electrons. The van der Waals surface area contributed by atoms with Gasteiger partial charge < -0.3 is 0 Å². The molecule has 0 aliphatic carbocycles. The molecule has 0 N–H and O–H groups in total. The van der Waals surface area contributed by atoms with Crippen LogP contribution in [0.1, 0.15) is 13.3 Å². The summed E-state index contributed by atoms with van der Waals surface area (Å²) in [6.45, 7) is 13.2. The monoisotopic (exact) mass is 160 g/mol. The highest BCUT2D eigenvalue weighted by atomic mass is 13.9. The second-order valence-corrected chi connectivity index (χ2v) is 2.62. The molecular weight excluding hydrogens is 144 g/mol. The smallest absolute Gasteiger partial charge is 0.0100 e. The minimum Gasteiger partial charge on any atom is -0.0991 e. The van der Waals surface area contributed by atoms with Crippen molar-refractivity contribution in [1.29, 1.82) is 0 Å². The standard InChI is InChI=1S/C12H16/c1-5-7-8-9-12(4)10-11(3)6-2/h5-8,10H,1-2,4,9H2,3H3/b8-7-,11-10-. The molecule has 0 aromatic heterocycles. The van der Waals surface area contributed by atoms with Gasteiger partial charge in [-0.05, 0) is 13.3 Å². The third-order valence-corrected chi connectivity index (χ3v) is 1.41. The summed E-state index contributed by atoms with van der Waals surface area (Å²) >= 11 is 0. The fraction of sp³-hybridized carbons (Fsp3) is 0.167. The van der Waals surface area contributed by atoms with Crippen LogP contribution in [0.3, 0.4) is 0 Å². The SMILES string of the molecule is C=C/C=C\CC(=C)/C=C(/C)C=C. The van der Waals surface area contributed by atoms with E-state index in [1.54, 1.807) is 6.08 Å². The highest BCUT2D eigenvalue weighted by Crippen LogP contribution is 2.05. The van der Waals surface area contributed by atoms with Crippen molar-refractivity contribution in [2.45, 2.75) is 13.3 Å². The molecule has 0 atom stereocenters. The summed E-state index contributed by atoms with van der Waals surface area (Å²) in [5.41, 5.74) is 2.23. The number of hydrogen-bond donors (Lipinski definition) is 0. The van der Waals surface area contributed by atoms with E-state index in [1.807, 2.05) is 31.2 Å². The van der Waals surface area contributed by atoms with Crippen molar-refractivity contribution in [2.24, 2.45) is 0 Å². The molecule has 0 aromatic rings. The lowest BCUT2D eigenvalue weighted by Gasteiger charge is -1.94. The van der Waals surface area contributed by atoms with Crippen molar-refractivity contribution >= 4 is 0 Å². The number of rotatable bonds is 5. The van der Waals surface area contributed by atoms with Gasteiger partial charge in [0.05, 0.1) is 0 Å². The summed E-state index contributed by atoms with van der Waals surface area (Å²) in [5.74, 6) is 0. The molecule has 0 saturated heterocycles. The van der Waals surface area contributed by atoms with E-state index in [4.69, 9.17) is 0 Å². The van der Waals surface area contributed by atoms with Crippen molar-refractivity contribution in [3.63, 3.8) is 0 Å². The van der Waals surface area contributed by atoms with E-state index in [-0.39, 0.29) is 0 Å². The van der Waals surface area contributed by atoms with E-state index < -0.39 is 0 Å². The summed E-state index contributed by atoms with van der Waals surface area (Å²) in [5, 5.41) is 0. The Morgan fingerprint density at radius 3 is 2.50 bits per heavy atom. The molecule has 0 heterocycles. The quantitative estimate of drug-likeness (QED) is 0.536. The molecule has 0 fully saturated rings. The van der Waals surface area contributed by atoms with Gasteiger partial charge in [-0.3, -0.25) is 0 Å². The first-order valence-electron chi connectivity index (χ1n) is 3.96. The van der Waals surface area contributed by atoms with Gasteiger partial charge in [0.15, 0.2) is 0 Å². The topological polar surface area (TPSA) is 0 Å². The Morgan fingerprint density at radius 2 is 2.00 bits per heavy atom. The summed E-state index contributed by atoms with van der Waals surface area (Å²) in [4.78, 5) is 0. The van der Waals surface area contributed by atoms with E-state index in [1.165, 1.54) is 0 Å². The minimum atomic E-state index is 0.872. The molecule has 0 spiro atoms. The third-order valence-electron chi connectivity index (χ3n) is 1.41. The zero-order valence-corrected chi connectivity index (χ0v) is 7.72. The molecule has 0 unspecified atom stereocenters. The van der Waals surface area contributed by atoms with Crippen LogP contribution in [0, 0.1) is 0 Å². The fourth-order valence-corrected chi connectivity index (χ4v) is 0.755. The molecular formula is C12H16. The Morgan fingerprint density at radius 1 is 1.33 bits per heavy atom. The third kappa shape index (κ3) is 5.48. The highest BCUT2D eigenvalue weighted by molar-refractivity contribution is 5.27. The van der Waals surface area contributed by atoms with Crippen molar-refractivity contribution in [1.82, 2.24) is 0 Å². The predicted molar refractivity (Wildman–Crippen MR) is 57.0 cm³/mol. The van der Waals surface area contributed by atoms with Crippen molar-refractivity contribution in [3.05, 3.63) is 61.3 Å². The van der Waals surface area contributed by atoms with Crippen LogP contribution in [-0.2, 0) is 0 Å². The first-order valence-corrected chi connectivity index (χ1v) is 3.96. The van der Waals surface area contributed by atoms with Gasteiger partial charge in [-0.1, -0.05) is 61.3 Å². The fourth-order valence-electron chi connectivity index (χ4n) is 0.755. The molecule has 0 bridgehead atoms. The van der Waals surface area contributed by atoms with Crippen LogP contribution in [0.15, 0.2) is 61.3 Å². The molecule has 0 saturated carbocycles. The van der Waals surface area contributed by atoms with Crippen LogP contribution in [-0.4, -0.2) is 0 Å². The molecule has 0 radical (unpaired) electrons. The lowest BCUT2D eigenvalue weighted by molar-refractivity contribution is 1.28. The minimum absolute atomic E-state index is 0.872. The maximum absolute atomic E-state index is 3.90. The Kier molecular flexibility index (Phi) is 5.72. The maximum atomic E-state index is 3.90. The molecule has 0 rings (SSSR count). The van der Waals surface area contributed by atoms with Gasteiger partial charge in [-0.25, -0.2) is 0 Å². The molecule has 0 aliphatic heterocycles. The van der Waals surface area contributed by atoms with Gasteiger partial charge in [-0.15, -0.1) is 0 Å². The Labute approximate surface area is 75.3 Å². The summed E-state index contributed by atoms with van der Waals surface area (Å²) in [6, 6.07) is 0. The van der Waals surface area contributed by atoms with Gasteiger partial charge in [0.1, 0.15) is 0 Å². The Balaban J connectivity index is 3.97. The molecule has 0 heteroatoms. The molecule has 0 amide bonds. The van der Waals surface area contributed by atoms with Crippen molar-refractivity contribution in [3.8, 4) is 0 Å². The summed E-state index contributed by atoms with van der Waals surface area (Å²) in [7, 11) is 0. The lowest BCUT2D eigenvalue weighted by atomic mass is 10.1. The van der Waals surface area contributed by atoms with Gasteiger partial charge in [-0.2, -0.15) is 0 Å². The van der Waals surface area contributed by atoms with Gasteiger partial charge in [0.2, 0.25) is 0 Å². The first-order chi connectivity index (χ1) is 5.70. The second-order valence-electron chi connectivity index (χ2n) is 2.62. The molecule has 0 nitrogen and oxygen atoms in total. The summed E-state index contributed by atoms with van der Waals surface area (Å²) < 4.78 is 0. The van der Waals surface area contributed by atoms with Gasteiger partial charge in [0.25, 0.3) is 0 Å². The average Bonchev–Trinajstić information content (AvgIpc) is 2.05. The van der Waals surface area contributed by atoms with E-state index in [2.05, 4.69) is 19.7 Å². The summed E-state index contributed by atoms with van der Waals surface area (Å²) in [6.07, 6.45) is 10.4. The average molecular weight is 160 g/mol. The van der Waals surface area contributed by atoms with E-state index in [0.717, 1.165) is 17.6 Å². The van der Waals surface area contributed by atoms with Crippen molar-refractivity contribution < 1.29 is 0 Å². The normalized spacial score (nSPS) is 11.6. The molecule has 0 aromatic carbocycles. The molecule has 0 aliphatic rings. The van der Waals surface area contributed by atoms with Gasteiger partial charge in [0, 0.05) is 0 Å². The largest absolute Gasteiger partial charge is 0.0991 e. The highest BCUT2D eigenvalue weighted by Gasteiger charge is 1.85. The number of hydrogen-bond acceptors (Lipinski definition) is 0. The Bertz CT molecular complexity index is 226. The van der Waals surface area contributed by atoms with Crippen molar-refractivity contribution in [2.75, 3.05) is 0 Å². The van der Waals surface area contributed by atoms with Crippen LogP contribution < -0.4 is 0 Å². The van der Waals surface area contributed by atoms with Gasteiger partial charge >= 0.3 is 0 Å². The predicted octanol–water partition coefficient (Wildman–Crippen LogP) is 3.81. The van der Waals surface area contributed by atoms with Crippen LogP contribution >= 0.6 is 0 Å². The maximum Gasteiger partial charge on any atom is -0.0100 e. The van der Waals surface area contributed by atoms with E-state index in [0.29, 0.717) is 0 Å². The van der Waals surface area contributed by atoms with Crippen LogP contribution in [0.25, 0.3) is 0 Å². The second kappa shape index (κ2) is 6.41. The zero-order chi connectivity index (χ0) is 9.40. The Hall–Kier alpha value is -1.30. The lowest BCUT2D eigenvalue weighted by Crippen LogP contribution is -1.74. The first kappa shape index (κ1) is 10.7. The number of allylic oxidation sites excluding steroid dienone is 7. The van der Waals surface area contributed by atoms with Crippen LogP contribution in [0.4, 0.5) is 0 Å². The van der Waals surface area contributed by atoms with Crippen LogP contribution in [0.5, 0.6) is 0 Å². The van der Waals surface area contributed by atoms with E-state index in [9.17, 15) is 0 Å². The molecule has 12 heavy (non-hydrogen) atoms.